The van der Waals surface area contributed by atoms with Gasteiger partial charge in [0.05, 0.1) is 28.8 Å². The quantitative estimate of drug-likeness (QED) is 0.170. The molecule has 4 nitrogen and oxygen atoms in total. The van der Waals surface area contributed by atoms with Gasteiger partial charge in [-0.2, -0.15) is 0 Å². The summed E-state index contributed by atoms with van der Waals surface area (Å²) in [5.41, 5.74) is 4.94. The van der Waals surface area contributed by atoms with Crippen molar-refractivity contribution in [2.24, 2.45) is 0 Å². The Labute approximate surface area is 198 Å². The minimum absolute atomic E-state index is 0.282. The first kappa shape index (κ1) is 20.9. The van der Waals surface area contributed by atoms with Crippen LogP contribution >= 0.6 is 0 Å². The SMILES string of the molecule is C=C.CC1(C)COB(c2ccc3c4c5ccccc5ccc4c4nc5ccccc5n4c3c2)O1. The number of imidazole rings is 1. The van der Waals surface area contributed by atoms with Crippen LogP contribution in [0.4, 0.5) is 0 Å². The van der Waals surface area contributed by atoms with Crippen molar-refractivity contribution < 1.29 is 9.31 Å². The Kier molecular flexibility index (Phi) is 4.73. The highest BCUT2D eigenvalue weighted by Crippen LogP contribution is 2.36. The van der Waals surface area contributed by atoms with Crippen molar-refractivity contribution in [1.29, 1.82) is 0 Å². The highest BCUT2D eigenvalue weighted by molar-refractivity contribution is 6.62. The van der Waals surface area contributed by atoms with Gasteiger partial charge in [-0.05, 0) is 54.3 Å². The third-order valence-electron chi connectivity index (χ3n) is 6.54. The third-order valence-corrected chi connectivity index (χ3v) is 6.54. The number of pyridine rings is 1. The van der Waals surface area contributed by atoms with Gasteiger partial charge in [0.25, 0.3) is 0 Å². The van der Waals surface area contributed by atoms with Crippen molar-refractivity contribution >= 4 is 61.7 Å². The lowest BCUT2D eigenvalue weighted by atomic mass is 9.78. The predicted molar refractivity (Wildman–Crippen MR) is 143 cm³/mol. The third kappa shape index (κ3) is 3.05. The van der Waals surface area contributed by atoms with Crippen LogP contribution in [-0.2, 0) is 9.31 Å². The van der Waals surface area contributed by atoms with Crippen molar-refractivity contribution in [3.8, 4) is 0 Å². The van der Waals surface area contributed by atoms with Gasteiger partial charge in [-0.3, -0.25) is 4.40 Å². The van der Waals surface area contributed by atoms with Gasteiger partial charge in [-0.1, -0.05) is 54.6 Å². The van der Waals surface area contributed by atoms with Gasteiger partial charge in [0, 0.05) is 16.2 Å². The fourth-order valence-corrected chi connectivity index (χ4v) is 5.09. The molecule has 0 atom stereocenters. The van der Waals surface area contributed by atoms with Crippen molar-refractivity contribution in [3.05, 3.63) is 92.0 Å². The Balaban J connectivity index is 0.00000106. The van der Waals surface area contributed by atoms with E-state index in [0.717, 1.165) is 33.0 Å². The van der Waals surface area contributed by atoms with Crippen LogP contribution in [-0.4, -0.2) is 28.7 Å². The highest BCUT2D eigenvalue weighted by Gasteiger charge is 2.38. The van der Waals surface area contributed by atoms with Crippen molar-refractivity contribution in [2.75, 3.05) is 6.61 Å². The first-order chi connectivity index (χ1) is 16.6. The Morgan fingerprint density at radius 2 is 1.62 bits per heavy atom. The average molecular weight is 444 g/mol. The van der Waals surface area contributed by atoms with E-state index in [-0.39, 0.29) is 12.7 Å². The van der Waals surface area contributed by atoms with E-state index in [2.05, 4.69) is 104 Å². The lowest BCUT2D eigenvalue weighted by Gasteiger charge is -2.16. The maximum Gasteiger partial charge on any atom is 0.494 e. The van der Waals surface area contributed by atoms with Gasteiger partial charge < -0.3 is 9.31 Å². The van der Waals surface area contributed by atoms with Crippen LogP contribution in [0.25, 0.3) is 49.1 Å². The fraction of sp³-hybridized carbons (Fsp3) is 0.138. The van der Waals surface area contributed by atoms with E-state index < -0.39 is 0 Å². The predicted octanol–water partition coefficient (Wildman–Crippen LogP) is 6.27. The summed E-state index contributed by atoms with van der Waals surface area (Å²) in [7, 11) is -0.359. The lowest BCUT2D eigenvalue weighted by Crippen LogP contribution is -2.34. The molecule has 0 unspecified atom stereocenters. The van der Waals surface area contributed by atoms with Gasteiger partial charge in [0.15, 0.2) is 0 Å². The Hall–Kier alpha value is -3.67. The van der Waals surface area contributed by atoms with Crippen molar-refractivity contribution in [1.82, 2.24) is 9.38 Å². The average Bonchev–Trinajstić information content (AvgIpc) is 3.45. The van der Waals surface area contributed by atoms with Gasteiger partial charge in [-0.15, -0.1) is 13.2 Å². The molecule has 1 saturated heterocycles. The molecule has 34 heavy (non-hydrogen) atoms. The normalized spacial score (nSPS) is 15.4. The molecule has 1 fully saturated rings. The smallest absolute Gasteiger partial charge is 0.404 e. The van der Waals surface area contributed by atoms with Crippen LogP contribution < -0.4 is 5.46 Å². The summed E-state index contributed by atoms with van der Waals surface area (Å²) in [6, 6.07) is 27.9. The van der Waals surface area contributed by atoms with Crippen LogP contribution in [0.1, 0.15) is 13.8 Å². The van der Waals surface area contributed by atoms with E-state index in [9.17, 15) is 0 Å². The molecule has 3 heterocycles. The van der Waals surface area contributed by atoms with Gasteiger partial charge in [0.1, 0.15) is 5.65 Å². The zero-order valence-corrected chi connectivity index (χ0v) is 19.4. The minimum atomic E-state index is -0.359. The molecule has 4 aromatic carbocycles. The summed E-state index contributed by atoms with van der Waals surface area (Å²) in [5, 5.41) is 6.08. The first-order valence-corrected chi connectivity index (χ1v) is 11.5. The number of hydrogen-bond donors (Lipinski definition) is 0. The molecule has 5 heteroatoms. The number of para-hydroxylation sites is 2. The van der Waals surface area contributed by atoms with E-state index in [1.807, 2.05) is 6.07 Å². The maximum absolute atomic E-state index is 6.18. The zero-order valence-electron chi connectivity index (χ0n) is 19.4. The van der Waals surface area contributed by atoms with E-state index in [1.165, 1.54) is 21.5 Å². The molecule has 6 aromatic rings. The van der Waals surface area contributed by atoms with E-state index >= 15 is 0 Å². The summed E-state index contributed by atoms with van der Waals surface area (Å²) >= 11 is 0. The maximum atomic E-state index is 6.18. The second kappa shape index (κ2) is 7.69. The molecule has 0 radical (unpaired) electrons. The molecule has 166 valence electrons. The molecule has 0 amide bonds. The number of rotatable bonds is 1. The molecule has 2 aromatic heterocycles. The van der Waals surface area contributed by atoms with Crippen LogP contribution in [0, 0.1) is 0 Å². The monoisotopic (exact) mass is 444 g/mol. The number of benzene rings is 4. The second-order valence-electron chi connectivity index (χ2n) is 9.27. The Morgan fingerprint density at radius 1 is 0.853 bits per heavy atom. The molecule has 1 aliphatic rings. The number of fused-ring (bicyclic) bond motifs is 10. The van der Waals surface area contributed by atoms with Crippen LogP contribution in [0.15, 0.2) is 92.0 Å². The highest BCUT2D eigenvalue weighted by atomic mass is 16.7. The van der Waals surface area contributed by atoms with Crippen molar-refractivity contribution in [3.63, 3.8) is 0 Å². The number of hydrogen-bond acceptors (Lipinski definition) is 3. The Morgan fingerprint density at radius 3 is 2.44 bits per heavy atom. The van der Waals surface area contributed by atoms with E-state index in [0.29, 0.717) is 6.61 Å². The summed E-state index contributed by atoms with van der Waals surface area (Å²) < 4.78 is 14.5. The molecule has 7 rings (SSSR count). The lowest BCUT2D eigenvalue weighted by molar-refractivity contribution is 0.137. The van der Waals surface area contributed by atoms with Crippen LogP contribution in [0.5, 0.6) is 0 Å². The number of nitrogens with zero attached hydrogens (tertiary/aromatic N) is 2. The zero-order chi connectivity index (χ0) is 23.4. The molecule has 0 aliphatic carbocycles. The van der Waals surface area contributed by atoms with E-state index in [4.69, 9.17) is 14.3 Å². The molecular formula is C29H25BN2O2. The van der Waals surface area contributed by atoms with E-state index in [1.54, 1.807) is 0 Å². The molecular weight excluding hydrogens is 419 g/mol. The van der Waals surface area contributed by atoms with Gasteiger partial charge in [-0.25, -0.2) is 4.98 Å². The van der Waals surface area contributed by atoms with Crippen LogP contribution in [0.3, 0.4) is 0 Å². The summed E-state index contributed by atoms with van der Waals surface area (Å²) in [4.78, 5) is 5.05. The van der Waals surface area contributed by atoms with Gasteiger partial charge >= 0.3 is 7.12 Å². The van der Waals surface area contributed by atoms with Crippen molar-refractivity contribution in [2.45, 2.75) is 19.4 Å². The first-order valence-electron chi connectivity index (χ1n) is 11.5. The number of aromatic nitrogens is 2. The summed E-state index contributed by atoms with van der Waals surface area (Å²) in [5.74, 6) is 0. The summed E-state index contributed by atoms with van der Waals surface area (Å²) in [6.07, 6.45) is 0. The molecule has 0 saturated carbocycles. The largest absolute Gasteiger partial charge is 0.494 e. The van der Waals surface area contributed by atoms with Gasteiger partial charge in [0.2, 0.25) is 0 Å². The van der Waals surface area contributed by atoms with Crippen LogP contribution in [0.2, 0.25) is 0 Å². The fourth-order valence-electron chi connectivity index (χ4n) is 5.09. The molecule has 0 N–H and O–H groups in total. The molecule has 0 bridgehead atoms. The second-order valence-corrected chi connectivity index (χ2v) is 9.27. The topological polar surface area (TPSA) is 35.8 Å². The minimum Gasteiger partial charge on any atom is -0.404 e. The molecule has 1 aliphatic heterocycles. The summed E-state index contributed by atoms with van der Waals surface area (Å²) in [6.45, 7) is 10.7. The standard InChI is InChI=1S/C27H21BN2O2.C2H4/c1-27(2)16-31-28(32-27)18-12-14-20-24(15-18)30-23-10-6-5-9-22(23)29-26(30)21-13-11-17-7-3-4-8-19(17)25(20)21;1-2/h3-15H,16H2,1-2H3;1-2H2. The Bertz CT molecular complexity index is 1720. The molecule has 0 spiro atoms.